The number of hydrogen-bond donors (Lipinski definition) is 0. The van der Waals surface area contributed by atoms with Crippen LogP contribution in [0.1, 0.15) is 13.3 Å². The standard InChI is InChI=1S/C13H13ClN2O2/c1-2-7-17-10-3-5-11(6-4-10)18-13-8-12(14)15-9-16-13/h3-6,8-9H,2,7H2,1H3. The minimum absolute atomic E-state index is 0.350. The van der Waals surface area contributed by atoms with Gasteiger partial charge < -0.3 is 9.47 Å². The minimum Gasteiger partial charge on any atom is -0.494 e. The Kier molecular flexibility index (Phi) is 4.36. The van der Waals surface area contributed by atoms with E-state index in [0.29, 0.717) is 23.4 Å². The van der Waals surface area contributed by atoms with Gasteiger partial charge in [-0.3, -0.25) is 0 Å². The molecule has 0 unspecified atom stereocenters. The van der Waals surface area contributed by atoms with Crippen LogP contribution in [-0.2, 0) is 0 Å². The Morgan fingerprint density at radius 1 is 1.11 bits per heavy atom. The maximum absolute atomic E-state index is 5.74. The Morgan fingerprint density at radius 3 is 2.50 bits per heavy atom. The number of ether oxygens (including phenoxy) is 2. The Labute approximate surface area is 111 Å². The molecule has 18 heavy (non-hydrogen) atoms. The molecule has 0 saturated heterocycles. The van der Waals surface area contributed by atoms with Crippen molar-refractivity contribution in [3.63, 3.8) is 0 Å². The van der Waals surface area contributed by atoms with E-state index in [-0.39, 0.29) is 0 Å². The highest BCUT2D eigenvalue weighted by molar-refractivity contribution is 6.29. The van der Waals surface area contributed by atoms with E-state index in [4.69, 9.17) is 21.1 Å². The maximum atomic E-state index is 5.74. The van der Waals surface area contributed by atoms with Crippen molar-refractivity contribution >= 4 is 11.6 Å². The summed E-state index contributed by atoms with van der Waals surface area (Å²) >= 11 is 5.74. The molecule has 1 aromatic heterocycles. The zero-order chi connectivity index (χ0) is 12.8. The molecule has 0 atom stereocenters. The maximum Gasteiger partial charge on any atom is 0.223 e. The van der Waals surface area contributed by atoms with Crippen molar-refractivity contribution in [2.45, 2.75) is 13.3 Å². The third-order valence-electron chi connectivity index (χ3n) is 2.13. The molecule has 0 N–H and O–H groups in total. The fourth-order valence-electron chi connectivity index (χ4n) is 1.32. The van der Waals surface area contributed by atoms with Crippen molar-refractivity contribution < 1.29 is 9.47 Å². The Bertz CT molecular complexity index is 503. The van der Waals surface area contributed by atoms with Crippen molar-refractivity contribution in [3.05, 3.63) is 41.8 Å². The molecule has 0 aliphatic carbocycles. The third kappa shape index (κ3) is 3.60. The van der Waals surface area contributed by atoms with Crippen LogP contribution in [0.15, 0.2) is 36.7 Å². The van der Waals surface area contributed by atoms with Crippen LogP contribution in [0.3, 0.4) is 0 Å². The lowest BCUT2D eigenvalue weighted by molar-refractivity contribution is 0.317. The normalized spacial score (nSPS) is 10.1. The quantitative estimate of drug-likeness (QED) is 0.772. The van der Waals surface area contributed by atoms with Crippen LogP contribution in [0.2, 0.25) is 5.15 Å². The van der Waals surface area contributed by atoms with Crippen molar-refractivity contribution in [1.82, 2.24) is 9.97 Å². The second-order valence-corrected chi connectivity index (χ2v) is 3.99. The minimum atomic E-state index is 0.350. The first-order chi connectivity index (χ1) is 8.78. The molecule has 1 aromatic carbocycles. The SMILES string of the molecule is CCCOc1ccc(Oc2cc(Cl)ncn2)cc1. The molecule has 1 heterocycles. The van der Waals surface area contributed by atoms with E-state index in [0.717, 1.165) is 12.2 Å². The molecule has 0 bridgehead atoms. The average molecular weight is 265 g/mol. The monoisotopic (exact) mass is 264 g/mol. The molecular formula is C13H13ClN2O2. The van der Waals surface area contributed by atoms with Crippen molar-refractivity contribution in [3.8, 4) is 17.4 Å². The zero-order valence-electron chi connectivity index (χ0n) is 9.97. The van der Waals surface area contributed by atoms with E-state index < -0.39 is 0 Å². The summed E-state index contributed by atoms with van der Waals surface area (Å²) in [6.45, 7) is 2.78. The van der Waals surface area contributed by atoms with Crippen LogP contribution < -0.4 is 9.47 Å². The number of benzene rings is 1. The largest absolute Gasteiger partial charge is 0.494 e. The summed E-state index contributed by atoms with van der Waals surface area (Å²) in [7, 11) is 0. The highest BCUT2D eigenvalue weighted by atomic mass is 35.5. The number of nitrogens with zero attached hydrogens (tertiary/aromatic N) is 2. The van der Waals surface area contributed by atoms with Gasteiger partial charge in [0.15, 0.2) is 0 Å². The van der Waals surface area contributed by atoms with Crippen LogP contribution >= 0.6 is 11.6 Å². The summed E-state index contributed by atoms with van der Waals surface area (Å²) < 4.78 is 11.0. The van der Waals surface area contributed by atoms with Crippen molar-refractivity contribution in [2.75, 3.05) is 6.61 Å². The van der Waals surface area contributed by atoms with Gasteiger partial charge in [0.1, 0.15) is 23.0 Å². The van der Waals surface area contributed by atoms with E-state index >= 15 is 0 Å². The number of aromatic nitrogens is 2. The van der Waals surface area contributed by atoms with Crippen molar-refractivity contribution in [2.24, 2.45) is 0 Å². The van der Waals surface area contributed by atoms with Gasteiger partial charge in [0, 0.05) is 6.07 Å². The van der Waals surface area contributed by atoms with E-state index in [1.807, 2.05) is 24.3 Å². The molecule has 2 rings (SSSR count). The summed E-state index contributed by atoms with van der Waals surface area (Å²) in [4.78, 5) is 7.74. The van der Waals surface area contributed by atoms with Gasteiger partial charge in [-0.25, -0.2) is 9.97 Å². The summed E-state index contributed by atoms with van der Waals surface area (Å²) in [5, 5.41) is 0.350. The fourth-order valence-corrected chi connectivity index (χ4v) is 1.45. The van der Waals surface area contributed by atoms with E-state index in [1.54, 1.807) is 6.07 Å². The predicted octanol–water partition coefficient (Wildman–Crippen LogP) is 3.71. The van der Waals surface area contributed by atoms with Crippen LogP contribution in [0, 0.1) is 0 Å². The molecule has 0 saturated carbocycles. The van der Waals surface area contributed by atoms with Crippen molar-refractivity contribution in [1.29, 1.82) is 0 Å². The molecule has 0 radical (unpaired) electrons. The molecule has 2 aromatic rings. The van der Waals surface area contributed by atoms with Gasteiger partial charge in [-0.1, -0.05) is 18.5 Å². The van der Waals surface area contributed by atoms with Gasteiger partial charge >= 0.3 is 0 Å². The molecule has 94 valence electrons. The number of hydrogen-bond acceptors (Lipinski definition) is 4. The highest BCUT2D eigenvalue weighted by Gasteiger charge is 2.00. The third-order valence-corrected chi connectivity index (χ3v) is 2.33. The summed E-state index contributed by atoms with van der Waals surface area (Å²) in [5.41, 5.74) is 0. The summed E-state index contributed by atoms with van der Waals surface area (Å²) in [5.74, 6) is 1.91. The predicted molar refractivity (Wildman–Crippen MR) is 69.3 cm³/mol. The highest BCUT2D eigenvalue weighted by Crippen LogP contribution is 2.23. The Morgan fingerprint density at radius 2 is 1.83 bits per heavy atom. The van der Waals surface area contributed by atoms with Gasteiger partial charge in [0.2, 0.25) is 5.88 Å². The number of rotatable bonds is 5. The molecule has 0 spiro atoms. The molecule has 0 aliphatic heterocycles. The first-order valence-electron chi connectivity index (χ1n) is 5.66. The lowest BCUT2D eigenvalue weighted by atomic mass is 10.3. The van der Waals surface area contributed by atoms with Gasteiger partial charge in [0.25, 0.3) is 0 Å². The average Bonchev–Trinajstić information content (AvgIpc) is 2.38. The first-order valence-corrected chi connectivity index (χ1v) is 6.04. The molecule has 0 fully saturated rings. The second-order valence-electron chi connectivity index (χ2n) is 3.60. The zero-order valence-corrected chi connectivity index (χ0v) is 10.7. The smallest absolute Gasteiger partial charge is 0.223 e. The Hall–Kier alpha value is -1.81. The molecular weight excluding hydrogens is 252 g/mol. The van der Waals surface area contributed by atoms with Gasteiger partial charge in [-0.15, -0.1) is 0 Å². The second kappa shape index (κ2) is 6.21. The summed E-state index contributed by atoms with van der Waals surface area (Å²) in [6.07, 6.45) is 2.34. The van der Waals surface area contributed by atoms with E-state index in [9.17, 15) is 0 Å². The topological polar surface area (TPSA) is 44.2 Å². The lowest BCUT2D eigenvalue weighted by Gasteiger charge is -2.07. The summed E-state index contributed by atoms with van der Waals surface area (Å²) in [6, 6.07) is 8.91. The molecule has 4 nitrogen and oxygen atoms in total. The first kappa shape index (κ1) is 12.6. The fraction of sp³-hybridized carbons (Fsp3) is 0.231. The van der Waals surface area contributed by atoms with Gasteiger partial charge in [-0.05, 0) is 30.7 Å². The van der Waals surface area contributed by atoms with Crippen LogP contribution in [0.5, 0.6) is 17.4 Å². The number of halogens is 1. The van der Waals surface area contributed by atoms with Crippen LogP contribution in [0.4, 0.5) is 0 Å². The van der Waals surface area contributed by atoms with Crippen LogP contribution in [-0.4, -0.2) is 16.6 Å². The van der Waals surface area contributed by atoms with Crippen LogP contribution in [0.25, 0.3) is 0 Å². The lowest BCUT2D eigenvalue weighted by Crippen LogP contribution is -1.94. The van der Waals surface area contributed by atoms with E-state index in [1.165, 1.54) is 6.33 Å². The van der Waals surface area contributed by atoms with Gasteiger partial charge in [0.05, 0.1) is 6.61 Å². The molecule has 5 heteroatoms. The van der Waals surface area contributed by atoms with E-state index in [2.05, 4.69) is 16.9 Å². The van der Waals surface area contributed by atoms with Gasteiger partial charge in [-0.2, -0.15) is 0 Å². The molecule has 0 aliphatic rings. The molecule has 0 amide bonds. The Balaban J connectivity index is 2.02.